The van der Waals surface area contributed by atoms with Crippen molar-refractivity contribution in [3.8, 4) is 0 Å². The summed E-state index contributed by atoms with van der Waals surface area (Å²) in [6.07, 6.45) is 0. The van der Waals surface area contributed by atoms with Gasteiger partial charge in [-0.3, -0.25) is 10.1 Å². The van der Waals surface area contributed by atoms with Crippen molar-refractivity contribution in [3.05, 3.63) is 34.4 Å². The molecule has 0 saturated heterocycles. The number of hydrogen-bond donors (Lipinski definition) is 0. The van der Waals surface area contributed by atoms with Crippen LogP contribution in [0.1, 0.15) is 13.8 Å². The molecule has 0 aliphatic rings. The zero-order chi connectivity index (χ0) is 11.1. The van der Waals surface area contributed by atoms with E-state index in [2.05, 4.69) is 0 Å². The van der Waals surface area contributed by atoms with Gasteiger partial charge >= 0.3 is 0 Å². The summed E-state index contributed by atoms with van der Waals surface area (Å²) in [7, 11) is 3.64. The summed E-state index contributed by atoms with van der Waals surface area (Å²) in [5.74, 6) is 0. The smallest absolute Gasteiger partial charge is 0.258 e. The number of nitrogens with zero attached hydrogens (tertiary/aromatic N) is 1. The molecule has 4 nitrogen and oxygen atoms in total. The van der Waals surface area contributed by atoms with Gasteiger partial charge in [0, 0.05) is 12.1 Å². The standard InChI is InChI=1S/C6H4ClNO3S.C2H6/c7-12(11)6-3-1-5(2-4-6)8(9)10;1-2/h1-4H;1-2H3. The molecule has 0 spiro atoms. The van der Waals surface area contributed by atoms with E-state index in [0.717, 1.165) is 0 Å². The minimum Gasteiger partial charge on any atom is -0.258 e. The molecule has 0 aromatic heterocycles. The maximum Gasteiger partial charge on any atom is 0.269 e. The van der Waals surface area contributed by atoms with Crippen LogP contribution >= 0.6 is 10.7 Å². The van der Waals surface area contributed by atoms with Gasteiger partial charge in [0.2, 0.25) is 0 Å². The van der Waals surface area contributed by atoms with E-state index in [4.69, 9.17) is 10.7 Å². The van der Waals surface area contributed by atoms with Crippen LogP contribution in [0.25, 0.3) is 0 Å². The van der Waals surface area contributed by atoms with Crippen molar-refractivity contribution in [3.63, 3.8) is 0 Å². The second kappa shape index (κ2) is 6.50. The third-order valence-corrected chi connectivity index (χ3v) is 2.41. The fourth-order valence-corrected chi connectivity index (χ4v) is 1.33. The summed E-state index contributed by atoms with van der Waals surface area (Å²) in [5, 5.41) is 10.2. The first-order chi connectivity index (χ1) is 6.61. The minimum atomic E-state index is -1.60. The topological polar surface area (TPSA) is 60.2 Å². The Bertz CT molecular complexity index is 293. The van der Waals surface area contributed by atoms with Gasteiger partial charge in [0.1, 0.15) is 10.0 Å². The van der Waals surface area contributed by atoms with E-state index in [1.807, 2.05) is 13.8 Å². The van der Waals surface area contributed by atoms with Crippen molar-refractivity contribution in [2.24, 2.45) is 0 Å². The Balaban J connectivity index is 0.000000791. The van der Waals surface area contributed by atoms with Gasteiger partial charge in [0.25, 0.3) is 5.69 Å². The fraction of sp³-hybridized carbons (Fsp3) is 0.250. The van der Waals surface area contributed by atoms with E-state index < -0.39 is 14.9 Å². The fourth-order valence-electron chi connectivity index (χ4n) is 0.675. The second-order valence-electron chi connectivity index (χ2n) is 1.97. The normalized spacial score (nSPS) is 11.1. The van der Waals surface area contributed by atoms with Gasteiger partial charge in [0.05, 0.1) is 9.82 Å². The number of nitro benzene ring substituents is 1. The van der Waals surface area contributed by atoms with Crippen LogP contribution in [0, 0.1) is 10.1 Å². The van der Waals surface area contributed by atoms with Crippen molar-refractivity contribution in [2.75, 3.05) is 0 Å². The zero-order valence-electron chi connectivity index (χ0n) is 7.77. The maximum atomic E-state index is 10.6. The molecule has 1 rings (SSSR count). The van der Waals surface area contributed by atoms with Gasteiger partial charge < -0.3 is 0 Å². The van der Waals surface area contributed by atoms with Crippen LogP contribution in [0.2, 0.25) is 0 Å². The Morgan fingerprint density at radius 3 is 2.00 bits per heavy atom. The predicted molar refractivity (Wildman–Crippen MR) is 56.7 cm³/mol. The maximum absolute atomic E-state index is 10.6. The van der Waals surface area contributed by atoms with Crippen LogP contribution < -0.4 is 0 Å². The summed E-state index contributed by atoms with van der Waals surface area (Å²) in [4.78, 5) is 10.0. The van der Waals surface area contributed by atoms with Crippen molar-refractivity contribution >= 4 is 26.4 Å². The first-order valence-electron chi connectivity index (χ1n) is 3.94. The van der Waals surface area contributed by atoms with Gasteiger partial charge in [-0.1, -0.05) is 13.8 Å². The Hall–Kier alpha value is -0.940. The molecule has 1 unspecified atom stereocenters. The summed E-state index contributed by atoms with van der Waals surface area (Å²) in [6, 6.07) is 5.24. The highest BCUT2D eigenvalue weighted by molar-refractivity contribution is 8.08. The number of benzene rings is 1. The summed E-state index contributed by atoms with van der Waals surface area (Å²) in [6.45, 7) is 4.00. The lowest BCUT2D eigenvalue weighted by Gasteiger charge is -1.92. The minimum absolute atomic E-state index is 0.0409. The first kappa shape index (κ1) is 13.1. The Labute approximate surface area is 89.0 Å². The molecule has 0 bridgehead atoms. The van der Waals surface area contributed by atoms with Crippen LogP contribution in [0.15, 0.2) is 29.2 Å². The summed E-state index contributed by atoms with van der Waals surface area (Å²) < 4.78 is 10.6. The van der Waals surface area contributed by atoms with Crippen molar-refractivity contribution in [2.45, 2.75) is 18.7 Å². The predicted octanol–water partition coefficient (Wildman–Crippen LogP) is 2.88. The Kier molecular flexibility index (Phi) is 6.07. The molecule has 1 aromatic carbocycles. The van der Waals surface area contributed by atoms with Gasteiger partial charge in [-0.25, -0.2) is 4.21 Å². The quantitative estimate of drug-likeness (QED) is 0.450. The highest BCUT2D eigenvalue weighted by Gasteiger charge is 2.05. The molecule has 0 saturated carbocycles. The monoisotopic (exact) mass is 235 g/mol. The molecule has 6 heteroatoms. The van der Waals surface area contributed by atoms with Crippen LogP contribution in [0.5, 0.6) is 0 Å². The van der Waals surface area contributed by atoms with Gasteiger partial charge in [0.15, 0.2) is 0 Å². The Morgan fingerprint density at radius 2 is 1.71 bits per heavy atom. The number of nitro groups is 1. The molecule has 1 atom stereocenters. The molecule has 0 N–H and O–H groups in total. The van der Waals surface area contributed by atoms with Crippen LogP contribution in [-0.4, -0.2) is 9.13 Å². The number of halogens is 1. The number of rotatable bonds is 2. The van der Waals surface area contributed by atoms with E-state index >= 15 is 0 Å². The van der Waals surface area contributed by atoms with Crippen molar-refractivity contribution in [1.29, 1.82) is 0 Å². The molecular weight excluding hydrogens is 226 g/mol. The molecular formula is C8H10ClNO3S. The highest BCUT2D eigenvalue weighted by Crippen LogP contribution is 2.15. The molecule has 14 heavy (non-hydrogen) atoms. The summed E-state index contributed by atoms with van der Waals surface area (Å²) in [5.41, 5.74) is -0.0409. The van der Waals surface area contributed by atoms with Crippen molar-refractivity contribution < 1.29 is 9.13 Å². The molecule has 0 fully saturated rings. The molecule has 78 valence electrons. The van der Waals surface area contributed by atoms with Crippen LogP contribution in [0.4, 0.5) is 5.69 Å². The average molecular weight is 236 g/mol. The molecule has 0 amide bonds. The Morgan fingerprint density at radius 1 is 1.29 bits per heavy atom. The lowest BCUT2D eigenvalue weighted by Crippen LogP contribution is -1.88. The van der Waals surface area contributed by atoms with Crippen LogP contribution in [0.3, 0.4) is 0 Å². The highest BCUT2D eigenvalue weighted by atomic mass is 35.7. The summed E-state index contributed by atoms with van der Waals surface area (Å²) >= 11 is 0. The van der Waals surface area contributed by atoms with Gasteiger partial charge in [-0.2, -0.15) is 0 Å². The number of non-ortho nitro benzene ring substituents is 1. The lowest BCUT2D eigenvalue weighted by atomic mass is 10.3. The first-order valence-corrected chi connectivity index (χ1v) is 5.91. The van der Waals surface area contributed by atoms with E-state index in [1.165, 1.54) is 24.3 Å². The second-order valence-corrected chi connectivity index (χ2v) is 3.73. The van der Waals surface area contributed by atoms with Gasteiger partial charge in [-0.15, -0.1) is 0 Å². The molecule has 0 radical (unpaired) electrons. The lowest BCUT2D eigenvalue weighted by molar-refractivity contribution is -0.384. The SMILES string of the molecule is CC.O=[N+]([O-])c1ccc(S(=O)Cl)cc1. The van der Waals surface area contributed by atoms with Crippen molar-refractivity contribution in [1.82, 2.24) is 0 Å². The third-order valence-electron chi connectivity index (χ3n) is 1.23. The molecule has 0 aliphatic carbocycles. The van der Waals surface area contributed by atoms with E-state index in [0.29, 0.717) is 4.90 Å². The number of hydrogen-bond acceptors (Lipinski definition) is 3. The van der Waals surface area contributed by atoms with E-state index in [9.17, 15) is 14.3 Å². The molecule has 0 aliphatic heterocycles. The molecule has 1 aromatic rings. The zero-order valence-corrected chi connectivity index (χ0v) is 9.34. The van der Waals surface area contributed by atoms with Crippen LogP contribution in [-0.2, 0) is 10.0 Å². The third kappa shape index (κ3) is 3.85. The average Bonchev–Trinajstić information content (AvgIpc) is 2.21. The molecule has 0 heterocycles. The van der Waals surface area contributed by atoms with E-state index in [1.54, 1.807) is 0 Å². The largest absolute Gasteiger partial charge is 0.269 e. The van der Waals surface area contributed by atoms with Gasteiger partial charge in [-0.05, 0) is 22.8 Å². The van der Waals surface area contributed by atoms with E-state index in [-0.39, 0.29) is 5.69 Å².